The molecule has 1 unspecified atom stereocenters. The molecule has 0 rings (SSSR count). The summed E-state index contributed by atoms with van der Waals surface area (Å²) in [4.78, 5) is 27.0. The summed E-state index contributed by atoms with van der Waals surface area (Å²) >= 11 is 0. The van der Waals surface area contributed by atoms with Crippen molar-refractivity contribution in [3.63, 3.8) is 0 Å². The first-order valence-electron chi connectivity index (χ1n) is 9.56. The van der Waals surface area contributed by atoms with E-state index in [1.54, 1.807) is 18.9 Å². The van der Waals surface area contributed by atoms with Crippen LogP contribution in [-0.2, 0) is 9.53 Å². The zero-order valence-corrected chi connectivity index (χ0v) is 17.9. The van der Waals surface area contributed by atoms with E-state index >= 15 is 0 Å². The molecule has 0 aromatic carbocycles. The van der Waals surface area contributed by atoms with Crippen molar-refractivity contribution in [3.05, 3.63) is 0 Å². The maximum Gasteiger partial charge on any atom is 0.267 e. The predicted octanol–water partition coefficient (Wildman–Crippen LogP) is 1.98. The third-order valence-corrected chi connectivity index (χ3v) is 4.65. The largest absolute Gasteiger partial charge is 0.385 e. The number of amides is 1. The van der Waals surface area contributed by atoms with Gasteiger partial charge in [0.15, 0.2) is 0 Å². The molecule has 0 fully saturated rings. The summed E-state index contributed by atoms with van der Waals surface area (Å²) in [5, 5.41) is 0. The van der Waals surface area contributed by atoms with Gasteiger partial charge in [-0.1, -0.05) is 13.8 Å². The highest BCUT2D eigenvalue weighted by molar-refractivity contribution is 6.38. The SMILES string of the molecule is CCN(CC)CCCN(C)C(=O)C(C)=NC=NCN(C)C(C)CCOC. The Morgan fingerprint density at radius 2 is 1.85 bits per heavy atom. The molecular weight excluding hydrogens is 330 g/mol. The smallest absolute Gasteiger partial charge is 0.267 e. The van der Waals surface area contributed by atoms with E-state index in [1.165, 1.54) is 6.34 Å². The molecule has 0 N–H and O–H groups in total. The molecule has 0 saturated carbocycles. The molecule has 7 nitrogen and oxygen atoms in total. The quantitative estimate of drug-likeness (QED) is 0.347. The first-order valence-corrected chi connectivity index (χ1v) is 9.56. The second-order valence-corrected chi connectivity index (χ2v) is 6.65. The van der Waals surface area contributed by atoms with Crippen molar-refractivity contribution >= 4 is 18.0 Å². The van der Waals surface area contributed by atoms with E-state index in [4.69, 9.17) is 4.74 Å². The minimum absolute atomic E-state index is 0.0437. The molecular formula is C19H39N5O2. The fourth-order valence-corrected chi connectivity index (χ4v) is 2.45. The molecule has 0 bridgehead atoms. The Morgan fingerprint density at radius 3 is 2.42 bits per heavy atom. The molecule has 0 aliphatic carbocycles. The van der Waals surface area contributed by atoms with Crippen LogP contribution in [0.1, 0.15) is 40.5 Å². The fraction of sp³-hybridized carbons (Fsp3) is 0.842. The van der Waals surface area contributed by atoms with Crippen LogP contribution in [0.2, 0.25) is 0 Å². The molecule has 1 amide bonds. The van der Waals surface area contributed by atoms with E-state index < -0.39 is 0 Å². The van der Waals surface area contributed by atoms with Crippen molar-refractivity contribution in [2.24, 2.45) is 9.98 Å². The highest BCUT2D eigenvalue weighted by Gasteiger charge is 2.12. The number of hydrogen-bond acceptors (Lipinski definition) is 5. The van der Waals surface area contributed by atoms with E-state index in [1.807, 2.05) is 14.1 Å². The zero-order chi connectivity index (χ0) is 19.9. The van der Waals surface area contributed by atoms with E-state index in [2.05, 4.69) is 40.6 Å². The third-order valence-electron chi connectivity index (χ3n) is 4.65. The summed E-state index contributed by atoms with van der Waals surface area (Å²) in [5.74, 6) is -0.0437. The number of aliphatic imine (C=N–C) groups is 2. The van der Waals surface area contributed by atoms with Gasteiger partial charge in [-0.25, -0.2) is 4.99 Å². The number of rotatable bonds is 14. The third kappa shape index (κ3) is 10.6. The lowest BCUT2D eigenvalue weighted by Crippen LogP contribution is -2.35. The molecule has 7 heteroatoms. The standard InChI is InChI=1S/C19H39N5O2/c1-8-24(9-2)13-10-12-22(5)19(25)18(4)21-15-20-16-23(6)17(3)11-14-26-7/h15,17H,8-14,16H2,1-7H3. The van der Waals surface area contributed by atoms with E-state index in [0.29, 0.717) is 18.4 Å². The Morgan fingerprint density at radius 1 is 1.19 bits per heavy atom. The maximum absolute atomic E-state index is 12.3. The summed E-state index contributed by atoms with van der Waals surface area (Å²) in [7, 11) is 5.55. The highest BCUT2D eigenvalue weighted by atomic mass is 16.5. The van der Waals surface area contributed by atoms with Gasteiger partial charge in [0.05, 0.1) is 6.67 Å². The van der Waals surface area contributed by atoms with Gasteiger partial charge in [-0.3, -0.25) is 14.7 Å². The van der Waals surface area contributed by atoms with Crippen LogP contribution in [-0.4, -0.2) is 99.4 Å². The van der Waals surface area contributed by atoms with Crippen LogP contribution in [0.25, 0.3) is 0 Å². The van der Waals surface area contributed by atoms with Crippen molar-refractivity contribution in [3.8, 4) is 0 Å². The number of carbonyl (C=O) groups is 1. The van der Waals surface area contributed by atoms with Crippen LogP contribution in [0.3, 0.4) is 0 Å². The molecule has 0 radical (unpaired) electrons. The van der Waals surface area contributed by atoms with Crippen LogP contribution < -0.4 is 0 Å². The van der Waals surface area contributed by atoms with Crippen LogP contribution in [0, 0.1) is 0 Å². The Kier molecular flexibility index (Phi) is 14.1. The lowest BCUT2D eigenvalue weighted by atomic mass is 10.2. The minimum Gasteiger partial charge on any atom is -0.385 e. The molecule has 0 heterocycles. The van der Waals surface area contributed by atoms with Gasteiger partial charge in [-0.05, 0) is 53.4 Å². The summed E-state index contributed by atoms with van der Waals surface area (Å²) in [6.07, 6.45) is 3.41. The summed E-state index contributed by atoms with van der Waals surface area (Å²) in [6, 6.07) is 0.385. The Bertz CT molecular complexity index is 436. The van der Waals surface area contributed by atoms with Gasteiger partial charge in [-0.2, -0.15) is 0 Å². The molecule has 0 saturated heterocycles. The van der Waals surface area contributed by atoms with Crippen molar-refractivity contribution in [1.82, 2.24) is 14.7 Å². The molecule has 0 aromatic heterocycles. The van der Waals surface area contributed by atoms with Crippen LogP contribution in [0.5, 0.6) is 0 Å². The average molecular weight is 370 g/mol. The van der Waals surface area contributed by atoms with Gasteiger partial charge in [0.25, 0.3) is 5.91 Å². The lowest BCUT2D eigenvalue weighted by Gasteiger charge is -2.22. The number of ether oxygens (including phenoxy) is 1. The van der Waals surface area contributed by atoms with Crippen molar-refractivity contribution < 1.29 is 9.53 Å². The molecule has 26 heavy (non-hydrogen) atoms. The first kappa shape index (κ1) is 24.7. The van der Waals surface area contributed by atoms with Gasteiger partial charge >= 0.3 is 0 Å². The van der Waals surface area contributed by atoms with Crippen LogP contribution in [0.4, 0.5) is 0 Å². The summed E-state index contributed by atoms with van der Waals surface area (Å²) in [6.45, 7) is 13.3. The molecule has 0 spiro atoms. The van der Waals surface area contributed by atoms with Crippen LogP contribution >= 0.6 is 0 Å². The average Bonchev–Trinajstić information content (AvgIpc) is 2.65. The summed E-state index contributed by atoms with van der Waals surface area (Å²) in [5.41, 5.74) is 0.467. The van der Waals surface area contributed by atoms with Gasteiger partial charge in [-0.15, -0.1) is 0 Å². The summed E-state index contributed by atoms with van der Waals surface area (Å²) < 4.78 is 5.09. The molecule has 0 aromatic rings. The Balaban J connectivity index is 4.28. The minimum atomic E-state index is -0.0437. The van der Waals surface area contributed by atoms with E-state index in [0.717, 1.165) is 45.6 Å². The molecule has 0 aliphatic heterocycles. The van der Waals surface area contributed by atoms with Crippen molar-refractivity contribution in [1.29, 1.82) is 0 Å². The Labute approximate surface area is 160 Å². The number of nitrogens with zero attached hydrogens (tertiary/aromatic N) is 5. The Hall–Kier alpha value is -1.31. The second kappa shape index (κ2) is 14.8. The van der Waals surface area contributed by atoms with Gasteiger partial charge < -0.3 is 14.5 Å². The monoisotopic (exact) mass is 369 g/mol. The van der Waals surface area contributed by atoms with E-state index in [9.17, 15) is 4.79 Å². The fourth-order valence-electron chi connectivity index (χ4n) is 2.45. The highest BCUT2D eigenvalue weighted by Crippen LogP contribution is 2.00. The first-order chi connectivity index (χ1) is 12.4. The predicted molar refractivity (Wildman–Crippen MR) is 110 cm³/mol. The van der Waals surface area contributed by atoms with Crippen molar-refractivity contribution in [2.75, 3.05) is 60.7 Å². The molecule has 0 aliphatic rings. The molecule has 152 valence electrons. The lowest BCUT2D eigenvalue weighted by molar-refractivity contribution is -0.123. The van der Waals surface area contributed by atoms with Gasteiger partial charge in [0.1, 0.15) is 12.1 Å². The normalized spacial score (nSPS) is 13.8. The topological polar surface area (TPSA) is 60.7 Å². The second-order valence-electron chi connectivity index (χ2n) is 6.65. The van der Waals surface area contributed by atoms with E-state index in [-0.39, 0.29) is 5.91 Å². The van der Waals surface area contributed by atoms with Gasteiger partial charge in [0.2, 0.25) is 0 Å². The number of methoxy groups -OCH3 is 1. The van der Waals surface area contributed by atoms with Crippen molar-refractivity contribution in [2.45, 2.75) is 46.6 Å². The zero-order valence-electron chi connectivity index (χ0n) is 17.9. The van der Waals surface area contributed by atoms with Gasteiger partial charge in [0, 0.05) is 33.4 Å². The molecule has 1 atom stereocenters. The van der Waals surface area contributed by atoms with Crippen LogP contribution in [0.15, 0.2) is 9.98 Å². The number of carbonyl (C=O) groups excluding carboxylic acids is 1. The maximum atomic E-state index is 12.3. The number of hydrogen-bond donors (Lipinski definition) is 0.